The minimum Gasteiger partial charge on any atom is -0.395 e. The van der Waals surface area contributed by atoms with E-state index in [1.807, 2.05) is 33.9 Å². The van der Waals surface area contributed by atoms with Gasteiger partial charge in [-0.1, -0.05) is 6.92 Å². The second kappa shape index (κ2) is 8.91. The van der Waals surface area contributed by atoms with Gasteiger partial charge in [-0.25, -0.2) is 14.6 Å². The molecule has 1 aliphatic carbocycles. The van der Waals surface area contributed by atoms with Gasteiger partial charge >= 0.3 is 0 Å². The molecule has 2 aromatic heterocycles. The fourth-order valence-electron chi connectivity index (χ4n) is 4.55. The van der Waals surface area contributed by atoms with Crippen LogP contribution in [0.3, 0.4) is 0 Å². The predicted octanol–water partition coefficient (Wildman–Crippen LogP) is 3.45. The summed E-state index contributed by atoms with van der Waals surface area (Å²) in [5, 5.41) is 30.8. The lowest BCUT2D eigenvalue weighted by molar-refractivity contribution is 0.0778. The van der Waals surface area contributed by atoms with Crippen molar-refractivity contribution in [3.63, 3.8) is 0 Å². The van der Waals surface area contributed by atoms with Gasteiger partial charge in [0.25, 0.3) is 5.91 Å². The van der Waals surface area contributed by atoms with Gasteiger partial charge < -0.3 is 20.6 Å². The molecule has 0 spiro atoms. The number of carbonyl (C=O) groups is 1. The van der Waals surface area contributed by atoms with Crippen LogP contribution in [-0.4, -0.2) is 61.9 Å². The number of anilines is 3. The van der Waals surface area contributed by atoms with Gasteiger partial charge in [0.15, 0.2) is 5.69 Å². The van der Waals surface area contributed by atoms with E-state index in [0.717, 1.165) is 29.7 Å². The highest BCUT2D eigenvalue weighted by molar-refractivity contribution is 5.93. The molecule has 1 saturated carbocycles. The number of aromatic nitrogens is 4. The summed E-state index contributed by atoms with van der Waals surface area (Å²) in [6, 6.07) is 9.86. The molecule has 1 fully saturated rings. The summed E-state index contributed by atoms with van der Waals surface area (Å²) in [5.74, 6) is 0.877. The lowest BCUT2D eigenvalue weighted by Gasteiger charge is -2.21. The van der Waals surface area contributed by atoms with E-state index in [1.54, 1.807) is 34.0 Å². The van der Waals surface area contributed by atoms with Crippen LogP contribution in [-0.2, 0) is 5.41 Å². The van der Waals surface area contributed by atoms with Gasteiger partial charge in [0.05, 0.1) is 23.6 Å². The highest BCUT2D eigenvalue weighted by Gasteiger charge is 2.36. The second-order valence-electron chi connectivity index (χ2n) is 10.1. The van der Waals surface area contributed by atoms with Crippen molar-refractivity contribution in [1.82, 2.24) is 24.6 Å². The molecule has 1 atom stereocenters. The van der Waals surface area contributed by atoms with Crippen LogP contribution in [0, 0.1) is 11.3 Å². The molecule has 0 radical (unpaired) electrons. The highest BCUT2D eigenvalue weighted by Crippen LogP contribution is 2.41. The molecular formula is C26H30N8O2. The zero-order valence-electron chi connectivity index (χ0n) is 20.9. The van der Waals surface area contributed by atoms with Crippen molar-refractivity contribution in [3.05, 3.63) is 47.3 Å². The van der Waals surface area contributed by atoms with Crippen LogP contribution in [0.5, 0.6) is 0 Å². The minimum atomic E-state index is -0.481. The van der Waals surface area contributed by atoms with Gasteiger partial charge in [-0.2, -0.15) is 10.4 Å². The van der Waals surface area contributed by atoms with Crippen LogP contribution < -0.4 is 10.6 Å². The monoisotopic (exact) mass is 486 g/mol. The quantitative estimate of drug-likeness (QED) is 0.463. The summed E-state index contributed by atoms with van der Waals surface area (Å²) in [5.41, 5.74) is 3.47. The molecule has 10 nitrogen and oxygen atoms in total. The van der Waals surface area contributed by atoms with Crippen LogP contribution in [0.15, 0.2) is 30.5 Å². The first kappa shape index (κ1) is 23.8. The first-order valence-corrected chi connectivity index (χ1v) is 12.1. The Hall–Kier alpha value is -3.97. The summed E-state index contributed by atoms with van der Waals surface area (Å²) >= 11 is 0. The Morgan fingerprint density at radius 2 is 2.17 bits per heavy atom. The average Bonchev–Trinajstić information content (AvgIpc) is 3.56. The third-order valence-electron chi connectivity index (χ3n) is 6.96. The SMILES string of the molecule is CC(C)n1nc(C(=O)N(C)C2CC2)cc1Nc1nccc(-c2cc(C#N)c3c(c2)[C@@](C)(CO)CN3)n1. The molecule has 1 aromatic carbocycles. The van der Waals surface area contributed by atoms with Gasteiger partial charge in [-0.3, -0.25) is 4.79 Å². The van der Waals surface area contributed by atoms with E-state index in [1.165, 1.54) is 0 Å². The highest BCUT2D eigenvalue weighted by atomic mass is 16.3. The molecule has 36 heavy (non-hydrogen) atoms. The van der Waals surface area contributed by atoms with E-state index in [0.29, 0.717) is 41.3 Å². The van der Waals surface area contributed by atoms with E-state index in [2.05, 4.69) is 31.8 Å². The number of fused-ring (bicyclic) bond motifs is 1. The molecule has 3 heterocycles. The average molecular weight is 487 g/mol. The Bertz CT molecular complexity index is 1370. The molecule has 0 bridgehead atoms. The smallest absolute Gasteiger partial charge is 0.274 e. The van der Waals surface area contributed by atoms with Gasteiger partial charge in [-0.05, 0) is 50.5 Å². The number of hydrogen-bond acceptors (Lipinski definition) is 8. The number of nitrogens with zero attached hydrogens (tertiary/aromatic N) is 6. The Balaban J connectivity index is 1.47. The van der Waals surface area contributed by atoms with Crippen LogP contribution in [0.2, 0.25) is 0 Å². The number of carbonyl (C=O) groups excluding carboxylic acids is 1. The Morgan fingerprint density at radius 3 is 2.83 bits per heavy atom. The summed E-state index contributed by atoms with van der Waals surface area (Å²) in [6.45, 7) is 6.48. The summed E-state index contributed by atoms with van der Waals surface area (Å²) in [6.07, 6.45) is 3.71. The third kappa shape index (κ3) is 4.16. The summed E-state index contributed by atoms with van der Waals surface area (Å²) < 4.78 is 1.76. The van der Waals surface area contributed by atoms with Gasteiger partial charge in [-0.15, -0.1) is 0 Å². The predicted molar refractivity (Wildman–Crippen MR) is 136 cm³/mol. The Morgan fingerprint density at radius 1 is 1.39 bits per heavy atom. The summed E-state index contributed by atoms with van der Waals surface area (Å²) in [7, 11) is 1.82. The number of amides is 1. The van der Waals surface area contributed by atoms with E-state index in [4.69, 9.17) is 0 Å². The Labute approximate surface area is 210 Å². The largest absolute Gasteiger partial charge is 0.395 e. The maximum atomic E-state index is 12.9. The van der Waals surface area contributed by atoms with Crippen molar-refractivity contribution in [2.24, 2.45) is 0 Å². The minimum absolute atomic E-state index is 0.0158. The zero-order chi connectivity index (χ0) is 25.6. The zero-order valence-corrected chi connectivity index (χ0v) is 20.9. The van der Waals surface area contributed by atoms with E-state index < -0.39 is 5.41 Å². The van der Waals surface area contributed by atoms with Crippen LogP contribution in [0.4, 0.5) is 17.5 Å². The fraction of sp³-hybridized carbons (Fsp3) is 0.423. The maximum absolute atomic E-state index is 12.9. The summed E-state index contributed by atoms with van der Waals surface area (Å²) in [4.78, 5) is 23.7. The molecule has 3 N–H and O–H groups in total. The van der Waals surface area contributed by atoms with Crippen molar-refractivity contribution in [3.8, 4) is 17.3 Å². The molecule has 1 aliphatic heterocycles. The molecule has 3 aromatic rings. The number of hydrogen-bond donors (Lipinski definition) is 3. The number of nitrogens with one attached hydrogen (secondary N) is 2. The van der Waals surface area contributed by atoms with E-state index in [9.17, 15) is 15.2 Å². The number of nitriles is 1. The first-order chi connectivity index (χ1) is 17.2. The van der Waals surface area contributed by atoms with Crippen LogP contribution in [0.1, 0.15) is 61.3 Å². The first-order valence-electron chi connectivity index (χ1n) is 12.1. The molecule has 186 valence electrons. The standard InChI is InChI=1S/C26H30N8O2/c1-15(2)34-22(11-21(32-34)24(36)33(4)18-5-6-18)31-25-28-8-7-20(30-25)16-9-17(12-27)23-19(10-16)26(3,14-35)13-29-23/h7-11,15,18,29,35H,5-6,13-14H2,1-4H3,(H,28,30,31)/t26-/m1/s1. The Kier molecular flexibility index (Phi) is 5.88. The number of aliphatic hydroxyl groups is 1. The molecule has 2 aliphatic rings. The number of rotatable bonds is 7. The number of benzene rings is 1. The van der Waals surface area contributed by atoms with Gasteiger partial charge in [0.1, 0.15) is 11.9 Å². The van der Waals surface area contributed by atoms with Crippen LogP contribution in [0.25, 0.3) is 11.3 Å². The molecule has 10 heteroatoms. The topological polar surface area (TPSA) is 132 Å². The lowest BCUT2D eigenvalue weighted by atomic mass is 9.83. The lowest BCUT2D eigenvalue weighted by Crippen LogP contribution is -2.29. The normalized spacial score (nSPS) is 18.5. The van der Waals surface area contributed by atoms with Crippen molar-refractivity contribution in [1.29, 1.82) is 5.26 Å². The number of aliphatic hydroxyl groups excluding tert-OH is 1. The molecule has 5 rings (SSSR count). The molecular weight excluding hydrogens is 456 g/mol. The molecule has 0 saturated heterocycles. The second-order valence-corrected chi connectivity index (χ2v) is 10.1. The fourth-order valence-corrected chi connectivity index (χ4v) is 4.55. The molecule has 1 amide bonds. The van der Waals surface area contributed by atoms with Gasteiger partial charge in [0, 0.05) is 48.9 Å². The van der Waals surface area contributed by atoms with Crippen molar-refractivity contribution in [2.45, 2.75) is 51.1 Å². The van der Waals surface area contributed by atoms with Crippen molar-refractivity contribution >= 4 is 23.4 Å². The van der Waals surface area contributed by atoms with E-state index >= 15 is 0 Å². The maximum Gasteiger partial charge on any atom is 0.274 e. The van der Waals surface area contributed by atoms with Gasteiger partial charge in [0.2, 0.25) is 5.95 Å². The van der Waals surface area contributed by atoms with E-state index in [-0.39, 0.29) is 18.6 Å². The van der Waals surface area contributed by atoms with Crippen molar-refractivity contribution < 1.29 is 9.90 Å². The third-order valence-corrected chi connectivity index (χ3v) is 6.96. The van der Waals surface area contributed by atoms with Crippen molar-refractivity contribution in [2.75, 3.05) is 30.8 Å². The molecule has 0 unspecified atom stereocenters. The van der Waals surface area contributed by atoms with Crippen LogP contribution >= 0.6 is 0 Å².